The number of carbonyl (C=O) groups is 1. The van der Waals surface area contributed by atoms with E-state index in [0.717, 1.165) is 28.1 Å². The van der Waals surface area contributed by atoms with Crippen LogP contribution in [-0.2, 0) is 4.74 Å². The lowest BCUT2D eigenvalue weighted by Crippen LogP contribution is -2.40. The Hall–Kier alpha value is -0.750. The number of esters is 1. The number of carbonyl (C=O) groups excluding carboxylic acids is 1. The van der Waals surface area contributed by atoms with E-state index in [4.69, 9.17) is 4.74 Å². The van der Waals surface area contributed by atoms with Crippen molar-refractivity contribution in [1.29, 1.82) is 0 Å². The zero-order valence-electron chi connectivity index (χ0n) is 10.9. The molecule has 0 spiro atoms. The maximum atomic E-state index is 11.7. The minimum Gasteiger partial charge on any atom is -0.461 e. The molecule has 1 aromatic heterocycles. The predicted octanol–water partition coefficient (Wildman–Crippen LogP) is 2.57. The van der Waals surface area contributed by atoms with Crippen LogP contribution in [0.25, 0.3) is 0 Å². The number of aryl methyl sites for hydroxylation is 1. The number of thioether (sulfide) groups is 1. The Balaban J connectivity index is 2.19. The molecule has 100 valence electrons. The summed E-state index contributed by atoms with van der Waals surface area (Å²) in [6, 6.07) is 0.476. The van der Waals surface area contributed by atoms with Crippen LogP contribution in [0.5, 0.6) is 0 Å². The molecule has 0 aromatic carbocycles. The van der Waals surface area contributed by atoms with E-state index in [1.807, 2.05) is 25.6 Å². The zero-order chi connectivity index (χ0) is 13.1. The number of hydrogen-bond donors (Lipinski definition) is 0. The standard InChI is InChI=1S/C12H18N2O2S2/c1-4-16-11(15)10-9(3)18-12(13-10)14-5-6-17-7-8(14)2/h8H,4-7H2,1-3H3. The lowest BCUT2D eigenvalue weighted by molar-refractivity contribution is 0.0519. The fraction of sp³-hybridized carbons (Fsp3) is 0.667. The molecule has 1 aliphatic rings. The molecule has 1 aromatic rings. The van der Waals surface area contributed by atoms with Crippen molar-refractivity contribution in [1.82, 2.24) is 4.98 Å². The van der Waals surface area contributed by atoms with E-state index in [9.17, 15) is 4.79 Å². The second kappa shape index (κ2) is 5.93. The molecule has 0 bridgehead atoms. The van der Waals surface area contributed by atoms with Crippen LogP contribution in [0, 0.1) is 6.92 Å². The van der Waals surface area contributed by atoms with Gasteiger partial charge in [0.2, 0.25) is 0 Å². The van der Waals surface area contributed by atoms with Crippen molar-refractivity contribution in [2.24, 2.45) is 0 Å². The molecule has 18 heavy (non-hydrogen) atoms. The number of anilines is 1. The number of aromatic nitrogens is 1. The molecular formula is C12H18N2O2S2. The first-order valence-corrected chi connectivity index (χ1v) is 8.09. The van der Waals surface area contributed by atoms with Gasteiger partial charge in [0.25, 0.3) is 0 Å². The van der Waals surface area contributed by atoms with E-state index >= 15 is 0 Å². The Morgan fingerprint density at radius 2 is 2.39 bits per heavy atom. The SMILES string of the molecule is CCOC(=O)c1nc(N2CCSCC2C)sc1C. The van der Waals surface area contributed by atoms with Crippen molar-refractivity contribution in [3.05, 3.63) is 10.6 Å². The summed E-state index contributed by atoms with van der Waals surface area (Å²) in [7, 11) is 0. The third-order valence-corrected chi connectivity index (χ3v) is 5.06. The normalized spacial score (nSPS) is 19.9. The van der Waals surface area contributed by atoms with Gasteiger partial charge >= 0.3 is 5.97 Å². The summed E-state index contributed by atoms with van der Waals surface area (Å²) in [5.41, 5.74) is 0.474. The van der Waals surface area contributed by atoms with E-state index in [1.165, 1.54) is 0 Å². The highest BCUT2D eigenvalue weighted by molar-refractivity contribution is 7.99. The lowest BCUT2D eigenvalue weighted by Gasteiger charge is -2.32. The largest absolute Gasteiger partial charge is 0.461 e. The van der Waals surface area contributed by atoms with Crippen molar-refractivity contribution >= 4 is 34.2 Å². The van der Waals surface area contributed by atoms with Gasteiger partial charge in [0.05, 0.1) is 6.61 Å². The topological polar surface area (TPSA) is 42.4 Å². The number of nitrogens with zero attached hydrogens (tertiary/aromatic N) is 2. The first-order chi connectivity index (χ1) is 8.63. The summed E-state index contributed by atoms with van der Waals surface area (Å²) >= 11 is 3.55. The average Bonchev–Trinajstić information content (AvgIpc) is 2.72. The monoisotopic (exact) mass is 286 g/mol. The molecule has 0 saturated carbocycles. The zero-order valence-corrected chi connectivity index (χ0v) is 12.6. The average molecular weight is 286 g/mol. The molecule has 0 amide bonds. The smallest absolute Gasteiger partial charge is 0.358 e. The number of rotatable bonds is 3. The van der Waals surface area contributed by atoms with Crippen molar-refractivity contribution in [3.8, 4) is 0 Å². The van der Waals surface area contributed by atoms with E-state index < -0.39 is 0 Å². The summed E-state index contributed by atoms with van der Waals surface area (Å²) in [4.78, 5) is 19.4. The van der Waals surface area contributed by atoms with Gasteiger partial charge in [-0.25, -0.2) is 9.78 Å². The van der Waals surface area contributed by atoms with E-state index in [-0.39, 0.29) is 5.97 Å². The number of ether oxygens (including phenoxy) is 1. The number of thiazole rings is 1. The Morgan fingerprint density at radius 1 is 1.61 bits per heavy atom. The molecule has 0 aliphatic carbocycles. The molecular weight excluding hydrogens is 268 g/mol. The highest BCUT2D eigenvalue weighted by Gasteiger charge is 2.24. The van der Waals surface area contributed by atoms with Crippen LogP contribution in [0.4, 0.5) is 5.13 Å². The molecule has 1 fully saturated rings. The second-order valence-corrected chi connectivity index (χ2v) is 6.57. The van der Waals surface area contributed by atoms with Crippen LogP contribution in [0.2, 0.25) is 0 Å². The minimum atomic E-state index is -0.309. The molecule has 2 heterocycles. The highest BCUT2D eigenvalue weighted by atomic mass is 32.2. The van der Waals surface area contributed by atoms with E-state index in [0.29, 0.717) is 18.3 Å². The van der Waals surface area contributed by atoms with Crippen molar-refractivity contribution in [3.63, 3.8) is 0 Å². The molecule has 6 heteroatoms. The molecule has 1 aliphatic heterocycles. The van der Waals surface area contributed by atoms with Gasteiger partial charge in [0.1, 0.15) is 0 Å². The van der Waals surface area contributed by atoms with E-state index in [2.05, 4.69) is 16.8 Å². The third kappa shape index (κ3) is 2.80. The first-order valence-electron chi connectivity index (χ1n) is 6.12. The summed E-state index contributed by atoms with van der Waals surface area (Å²) in [5.74, 6) is 1.93. The maximum Gasteiger partial charge on any atom is 0.358 e. The predicted molar refractivity (Wildman–Crippen MR) is 76.9 cm³/mol. The maximum absolute atomic E-state index is 11.7. The molecule has 1 unspecified atom stereocenters. The lowest BCUT2D eigenvalue weighted by atomic mass is 10.3. The van der Waals surface area contributed by atoms with Crippen LogP contribution in [0.15, 0.2) is 0 Å². The molecule has 2 rings (SSSR count). The quantitative estimate of drug-likeness (QED) is 0.799. The van der Waals surface area contributed by atoms with Gasteiger partial charge in [-0.1, -0.05) is 0 Å². The van der Waals surface area contributed by atoms with E-state index in [1.54, 1.807) is 11.3 Å². The van der Waals surface area contributed by atoms with Crippen LogP contribution in [0.3, 0.4) is 0 Å². The summed E-state index contributed by atoms with van der Waals surface area (Å²) in [5, 5.41) is 0.948. The van der Waals surface area contributed by atoms with Crippen LogP contribution in [-0.4, -0.2) is 41.7 Å². The van der Waals surface area contributed by atoms with Crippen molar-refractivity contribution < 1.29 is 9.53 Å². The minimum absolute atomic E-state index is 0.309. The van der Waals surface area contributed by atoms with Gasteiger partial charge in [0.15, 0.2) is 10.8 Å². The molecule has 1 atom stereocenters. The van der Waals surface area contributed by atoms with Gasteiger partial charge in [-0.2, -0.15) is 11.8 Å². The molecule has 0 radical (unpaired) electrons. The molecule has 1 saturated heterocycles. The fourth-order valence-electron chi connectivity index (χ4n) is 1.91. The van der Waals surface area contributed by atoms with Crippen LogP contribution < -0.4 is 4.90 Å². The van der Waals surface area contributed by atoms with Gasteiger partial charge in [-0.15, -0.1) is 11.3 Å². The van der Waals surface area contributed by atoms with Gasteiger partial charge in [-0.05, 0) is 20.8 Å². The van der Waals surface area contributed by atoms with Gasteiger partial charge < -0.3 is 9.64 Å². The van der Waals surface area contributed by atoms with Crippen LogP contribution >= 0.6 is 23.1 Å². The Bertz CT molecular complexity index is 434. The first kappa shape index (κ1) is 13.7. The van der Waals surface area contributed by atoms with Gasteiger partial charge in [0, 0.05) is 29.0 Å². The number of hydrogen-bond acceptors (Lipinski definition) is 6. The van der Waals surface area contributed by atoms with Crippen molar-refractivity contribution in [2.75, 3.05) is 29.6 Å². The fourth-order valence-corrected chi connectivity index (χ4v) is 3.94. The molecule has 0 N–H and O–H groups in total. The van der Waals surface area contributed by atoms with Gasteiger partial charge in [-0.3, -0.25) is 0 Å². The van der Waals surface area contributed by atoms with Crippen molar-refractivity contribution in [2.45, 2.75) is 26.8 Å². The van der Waals surface area contributed by atoms with Crippen LogP contribution in [0.1, 0.15) is 29.2 Å². The molecule has 4 nitrogen and oxygen atoms in total. The summed E-state index contributed by atoms with van der Waals surface area (Å²) in [6.07, 6.45) is 0. The third-order valence-electron chi connectivity index (χ3n) is 2.87. The summed E-state index contributed by atoms with van der Waals surface area (Å²) < 4.78 is 5.02. The Kier molecular flexibility index (Phi) is 4.50. The Labute approximate surface area is 116 Å². The summed E-state index contributed by atoms with van der Waals surface area (Å²) in [6.45, 7) is 7.33. The Morgan fingerprint density at radius 3 is 3.06 bits per heavy atom. The second-order valence-electron chi connectivity index (χ2n) is 4.24. The highest BCUT2D eigenvalue weighted by Crippen LogP contribution is 2.30.